The van der Waals surface area contributed by atoms with E-state index in [1.165, 1.54) is 12.8 Å². The van der Waals surface area contributed by atoms with Crippen LogP contribution in [0.2, 0.25) is 0 Å². The third-order valence-electron chi connectivity index (χ3n) is 3.50. The quantitative estimate of drug-likeness (QED) is 0.902. The lowest BCUT2D eigenvalue weighted by Gasteiger charge is -2.10. The Kier molecular flexibility index (Phi) is 3.75. The van der Waals surface area contributed by atoms with E-state index in [2.05, 4.69) is 15.6 Å². The van der Waals surface area contributed by atoms with Gasteiger partial charge in [0.15, 0.2) is 0 Å². The fraction of sp³-hybridized carbons (Fsp3) is 0.429. The Labute approximate surface area is 116 Å². The Morgan fingerprint density at radius 3 is 3.32 bits per heavy atom. The van der Waals surface area contributed by atoms with Gasteiger partial charge >= 0.3 is 0 Å². The van der Waals surface area contributed by atoms with Gasteiger partial charge in [-0.2, -0.15) is 0 Å². The number of nitrogens with zero attached hydrogens (tertiary/aromatic N) is 1. The van der Waals surface area contributed by atoms with Crippen molar-refractivity contribution in [1.29, 1.82) is 0 Å². The van der Waals surface area contributed by atoms with Crippen LogP contribution in [0.1, 0.15) is 25.7 Å². The second kappa shape index (κ2) is 5.67. The minimum atomic E-state index is 0.0950. The van der Waals surface area contributed by atoms with E-state index in [4.69, 9.17) is 0 Å². The van der Waals surface area contributed by atoms with Gasteiger partial charge in [-0.3, -0.25) is 4.79 Å². The fourth-order valence-electron chi connectivity index (χ4n) is 2.46. The van der Waals surface area contributed by atoms with Crippen molar-refractivity contribution in [3.8, 4) is 0 Å². The largest absolute Gasteiger partial charge is 0.326 e. The van der Waals surface area contributed by atoms with E-state index in [0.717, 1.165) is 28.9 Å². The summed E-state index contributed by atoms with van der Waals surface area (Å²) in [5.41, 5.74) is 3.67. The van der Waals surface area contributed by atoms with E-state index in [1.54, 1.807) is 11.3 Å². The number of carbonyl (C=O) groups is 1. The molecule has 1 aromatic heterocycles. The normalized spacial score (nSPS) is 18.8. The summed E-state index contributed by atoms with van der Waals surface area (Å²) in [5.74, 6) is 0.0950. The van der Waals surface area contributed by atoms with Crippen LogP contribution >= 0.6 is 11.3 Å². The van der Waals surface area contributed by atoms with Crippen LogP contribution in [0.15, 0.2) is 23.7 Å². The van der Waals surface area contributed by atoms with Crippen molar-refractivity contribution in [2.24, 2.45) is 0 Å². The standard InChI is InChI=1S/C14H17N3OS/c18-14(6-4-10-2-1-7-15-10)17-11-3-5-12-13(8-11)19-9-16-12/h3,5,8-10,15H,1-2,4,6-7H2,(H,17,18). The molecule has 2 N–H and O–H groups in total. The molecule has 1 aliphatic rings. The van der Waals surface area contributed by atoms with Gasteiger partial charge in [-0.05, 0) is 44.0 Å². The first-order valence-corrected chi connectivity index (χ1v) is 7.56. The number of hydrogen-bond donors (Lipinski definition) is 2. The minimum absolute atomic E-state index is 0.0950. The van der Waals surface area contributed by atoms with Crippen molar-refractivity contribution in [1.82, 2.24) is 10.3 Å². The summed E-state index contributed by atoms with van der Waals surface area (Å²) in [4.78, 5) is 16.1. The van der Waals surface area contributed by atoms with Crippen molar-refractivity contribution < 1.29 is 4.79 Å². The number of aromatic nitrogens is 1. The molecule has 1 amide bonds. The van der Waals surface area contributed by atoms with Crippen LogP contribution in [0.5, 0.6) is 0 Å². The number of carbonyl (C=O) groups excluding carboxylic acids is 1. The highest BCUT2D eigenvalue weighted by molar-refractivity contribution is 7.16. The smallest absolute Gasteiger partial charge is 0.224 e. The summed E-state index contributed by atoms with van der Waals surface area (Å²) in [5, 5.41) is 6.37. The van der Waals surface area contributed by atoms with Crippen LogP contribution < -0.4 is 10.6 Å². The first-order chi connectivity index (χ1) is 9.31. The highest BCUT2D eigenvalue weighted by Crippen LogP contribution is 2.22. The summed E-state index contributed by atoms with van der Waals surface area (Å²) in [6, 6.07) is 6.36. The first-order valence-electron chi connectivity index (χ1n) is 6.68. The zero-order chi connectivity index (χ0) is 13.1. The predicted molar refractivity (Wildman–Crippen MR) is 78.5 cm³/mol. The Morgan fingerprint density at radius 2 is 2.47 bits per heavy atom. The molecular weight excluding hydrogens is 258 g/mol. The minimum Gasteiger partial charge on any atom is -0.326 e. The number of anilines is 1. The molecule has 0 aliphatic carbocycles. The third-order valence-corrected chi connectivity index (χ3v) is 4.29. The average molecular weight is 275 g/mol. The maximum Gasteiger partial charge on any atom is 0.224 e. The molecule has 1 saturated heterocycles. The lowest BCUT2D eigenvalue weighted by atomic mass is 10.1. The van der Waals surface area contributed by atoms with Gasteiger partial charge in [-0.15, -0.1) is 11.3 Å². The van der Waals surface area contributed by atoms with E-state index < -0.39 is 0 Å². The van der Waals surface area contributed by atoms with Crippen molar-refractivity contribution in [2.45, 2.75) is 31.7 Å². The molecule has 0 spiro atoms. The average Bonchev–Trinajstić information content (AvgIpc) is 3.07. The summed E-state index contributed by atoms with van der Waals surface area (Å²) in [6.45, 7) is 1.09. The predicted octanol–water partition coefficient (Wildman–Crippen LogP) is 2.77. The molecule has 1 unspecified atom stereocenters. The van der Waals surface area contributed by atoms with Crippen molar-refractivity contribution in [3.63, 3.8) is 0 Å². The molecule has 19 heavy (non-hydrogen) atoms. The molecular formula is C14H17N3OS. The van der Waals surface area contributed by atoms with Crippen LogP contribution in [-0.2, 0) is 4.79 Å². The maximum atomic E-state index is 11.9. The Morgan fingerprint density at radius 1 is 1.53 bits per heavy atom. The molecule has 0 saturated carbocycles. The Bertz CT molecular complexity index is 575. The molecule has 1 fully saturated rings. The van der Waals surface area contributed by atoms with Crippen LogP contribution in [0.25, 0.3) is 10.2 Å². The monoisotopic (exact) mass is 275 g/mol. The number of nitrogens with one attached hydrogen (secondary N) is 2. The third kappa shape index (κ3) is 3.11. The van der Waals surface area contributed by atoms with Gasteiger partial charge in [0.2, 0.25) is 5.91 Å². The molecule has 3 rings (SSSR count). The van der Waals surface area contributed by atoms with Crippen molar-refractivity contribution >= 4 is 33.1 Å². The highest BCUT2D eigenvalue weighted by Gasteiger charge is 2.15. The number of hydrogen-bond acceptors (Lipinski definition) is 4. The number of benzene rings is 1. The summed E-state index contributed by atoms with van der Waals surface area (Å²) in [7, 11) is 0. The molecule has 1 atom stereocenters. The van der Waals surface area contributed by atoms with Crippen molar-refractivity contribution in [3.05, 3.63) is 23.7 Å². The molecule has 0 bridgehead atoms. The molecule has 0 radical (unpaired) electrons. The van der Waals surface area contributed by atoms with Gasteiger partial charge in [0.25, 0.3) is 0 Å². The highest BCUT2D eigenvalue weighted by atomic mass is 32.1. The number of thiazole rings is 1. The molecule has 2 heterocycles. The van der Waals surface area contributed by atoms with E-state index in [1.807, 2.05) is 23.7 Å². The summed E-state index contributed by atoms with van der Waals surface area (Å²) < 4.78 is 1.11. The molecule has 5 heteroatoms. The van der Waals surface area contributed by atoms with Crippen LogP contribution in [-0.4, -0.2) is 23.5 Å². The molecule has 100 valence electrons. The number of rotatable bonds is 4. The fourth-order valence-corrected chi connectivity index (χ4v) is 3.18. The van der Waals surface area contributed by atoms with Gasteiger partial charge in [-0.1, -0.05) is 0 Å². The van der Waals surface area contributed by atoms with Gasteiger partial charge in [-0.25, -0.2) is 4.98 Å². The topological polar surface area (TPSA) is 54.0 Å². The number of amides is 1. The Balaban J connectivity index is 1.55. The summed E-state index contributed by atoms with van der Waals surface area (Å²) in [6.07, 6.45) is 3.93. The van der Waals surface area contributed by atoms with E-state index in [-0.39, 0.29) is 5.91 Å². The van der Waals surface area contributed by atoms with Gasteiger partial charge in [0, 0.05) is 18.2 Å². The zero-order valence-electron chi connectivity index (χ0n) is 10.7. The van der Waals surface area contributed by atoms with Crippen molar-refractivity contribution in [2.75, 3.05) is 11.9 Å². The SMILES string of the molecule is O=C(CCC1CCCN1)Nc1ccc2ncsc2c1. The van der Waals surface area contributed by atoms with E-state index in [0.29, 0.717) is 12.5 Å². The van der Waals surface area contributed by atoms with Crippen LogP contribution in [0, 0.1) is 0 Å². The van der Waals surface area contributed by atoms with Crippen LogP contribution in [0.4, 0.5) is 5.69 Å². The summed E-state index contributed by atoms with van der Waals surface area (Å²) >= 11 is 1.59. The van der Waals surface area contributed by atoms with Gasteiger partial charge in [0.1, 0.15) is 0 Å². The lowest BCUT2D eigenvalue weighted by Crippen LogP contribution is -2.23. The van der Waals surface area contributed by atoms with Gasteiger partial charge < -0.3 is 10.6 Å². The second-order valence-electron chi connectivity index (χ2n) is 4.91. The molecule has 2 aromatic rings. The Hall–Kier alpha value is -1.46. The van der Waals surface area contributed by atoms with Crippen LogP contribution in [0.3, 0.4) is 0 Å². The van der Waals surface area contributed by atoms with E-state index >= 15 is 0 Å². The van der Waals surface area contributed by atoms with Gasteiger partial charge in [0.05, 0.1) is 15.7 Å². The molecule has 1 aromatic carbocycles. The molecule has 1 aliphatic heterocycles. The first kappa shape index (κ1) is 12.6. The zero-order valence-corrected chi connectivity index (χ0v) is 11.5. The van der Waals surface area contributed by atoms with E-state index in [9.17, 15) is 4.79 Å². The second-order valence-corrected chi connectivity index (χ2v) is 5.80. The number of fused-ring (bicyclic) bond motifs is 1. The lowest BCUT2D eigenvalue weighted by molar-refractivity contribution is -0.116. The maximum absolute atomic E-state index is 11.9. The molecule has 4 nitrogen and oxygen atoms in total.